The standard InChI is InChI=1S/C13H16F2N2O2/c1-8(6-9-2-3-9)16-12-5-4-10(17(18)19)7-11(12)13(14)15/h4-5,7-9,13,16H,2-3,6H2,1H3. The van der Waals surface area contributed by atoms with Crippen LogP contribution in [-0.2, 0) is 0 Å². The van der Waals surface area contributed by atoms with Crippen molar-refractivity contribution in [1.29, 1.82) is 0 Å². The molecule has 1 aliphatic carbocycles. The van der Waals surface area contributed by atoms with Crippen molar-refractivity contribution in [3.8, 4) is 0 Å². The van der Waals surface area contributed by atoms with E-state index in [0.29, 0.717) is 5.92 Å². The van der Waals surface area contributed by atoms with Gasteiger partial charge in [-0.05, 0) is 25.3 Å². The average Bonchev–Trinajstić information content (AvgIpc) is 3.12. The fourth-order valence-corrected chi connectivity index (χ4v) is 2.15. The molecular formula is C13H16F2N2O2. The van der Waals surface area contributed by atoms with Gasteiger partial charge < -0.3 is 5.32 Å². The Labute approximate surface area is 110 Å². The summed E-state index contributed by atoms with van der Waals surface area (Å²) < 4.78 is 25.9. The maximum Gasteiger partial charge on any atom is 0.270 e. The van der Waals surface area contributed by atoms with Gasteiger partial charge in [-0.2, -0.15) is 0 Å². The molecule has 1 aromatic carbocycles. The highest BCUT2D eigenvalue weighted by atomic mass is 19.3. The van der Waals surface area contributed by atoms with Crippen molar-refractivity contribution < 1.29 is 13.7 Å². The minimum absolute atomic E-state index is 0.0893. The second-order valence-electron chi connectivity index (χ2n) is 5.05. The molecule has 6 heteroatoms. The van der Waals surface area contributed by atoms with E-state index in [4.69, 9.17) is 0 Å². The zero-order valence-corrected chi connectivity index (χ0v) is 10.6. The lowest BCUT2D eigenvalue weighted by Gasteiger charge is -2.17. The van der Waals surface area contributed by atoms with Crippen molar-refractivity contribution >= 4 is 11.4 Å². The summed E-state index contributed by atoms with van der Waals surface area (Å²) in [6.07, 6.45) is 0.622. The van der Waals surface area contributed by atoms with Crippen LogP contribution in [0.4, 0.5) is 20.2 Å². The fourth-order valence-electron chi connectivity index (χ4n) is 2.15. The van der Waals surface area contributed by atoms with Gasteiger partial charge in [0.25, 0.3) is 12.1 Å². The number of nitrogens with zero attached hydrogens (tertiary/aromatic N) is 1. The Kier molecular flexibility index (Phi) is 3.97. The molecule has 1 unspecified atom stereocenters. The number of nitrogens with one attached hydrogen (secondary N) is 1. The van der Waals surface area contributed by atoms with Crippen molar-refractivity contribution in [2.75, 3.05) is 5.32 Å². The van der Waals surface area contributed by atoms with Crippen molar-refractivity contribution in [3.05, 3.63) is 33.9 Å². The first-order valence-electron chi connectivity index (χ1n) is 6.30. The zero-order chi connectivity index (χ0) is 14.0. The van der Waals surface area contributed by atoms with E-state index >= 15 is 0 Å². The van der Waals surface area contributed by atoms with Crippen LogP contribution in [0.15, 0.2) is 18.2 Å². The number of hydrogen-bond donors (Lipinski definition) is 1. The van der Waals surface area contributed by atoms with Crippen LogP contribution in [0.1, 0.15) is 38.2 Å². The molecule has 1 saturated carbocycles. The van der Waals surface area contributed by atoms with Gasteiger partial charge in [0.2, 0.25) is 0 Å². The van der Waals surface area contributed by atoms with Crippen LogP contribution in [0.25, 0.3) is 0 Å². The van der Waals surface area contributed by atoms with E-state index in [2.05, 4.69) is 5.32 Å². The van der Waals surface area contributed by atoms with Gasteiger partial charge >= 0.3 is 0 Å². The number of nitro benzene ring substituents is 1. The molecule has 4 nitrogen and oxygen atoms in total. The molecule has 0 bridgehead atoms. The molecular weight excluding hydrogens is 254 g/mol. The van der Waals surface area contributed by atoms with E-state index in [0.717, 1.165) is 12.5 Å². The first kappa shape index (κ1) is 13.7. The third-order valence-corrected chi connectivity index (χ3v) is 3.27. The Morgan fingerprint density at radius 2 is 2.16 bits per heavy atom. The van der Waals surface area contributed by atoms with Gasteiger partial charge in [-0.15, -0.1) is 0 Å². The molecule has 0 saturated heterocycles. The summed E-state index contributed by atoms with van der Waals surface area (Å²) in [6, 6.07) is 3.64. The van der Waals surface area contributed by atoms with Crippen LogP contribution in [0.5, 0.6) is 0 Å². The quantitative estimate of drug-likeness (QED) is 0.624. The summed E-state index contributed by atoms with van der Waals surface area (Å²) in [5.41, 5.74) is -0.332. The summed E-state index contributed by atoms with van der Waals surface area (Å²) in [6.45, 7) is 1.94. The minimum atomic E-state index is -2.73. The number of benzene rings is 1. The molecule has 0 aromatic heterocycles. The SMILES string of the molecule is CC(CC1CC1)Nc1ccc([N+](=O)[O-])cc1C(F)F. The van der Waals surface area contributed by atoms with Gasteiger partial charge in [0.15, 0.2) is 0 Å². The van der Waals surface area contributed by atoms with Crippen LogP contribution in [0, 0.1) is 16.0 Å². The lowest BCUT2D eigenvalue weighted by Crippen LogP contribution is -2.17. The molecule has 2 rings (SSSR count). The third-order valence-electron chi connectivity index (χ3n) is 3.27. The lowest BCUT2D eigenvalue weighted by molar-refractivity contribution is -0.385. The van der Waals surface area contributed by atoms with Crippen molar-refractivity contribution in [2.45, 2.75) is 38.7 Å². The Balaban J connectivity index is 2.15. The lowest BCUT2D eigenvalue weighted by atomic mass is 10.1. The maximum atomic E-state index is 12.9. The van der Waals surface area contributed by atoms with Crippen LogP contribution in [0.3, 0.4) is 0 Å². The number of non-ortho nitro benzene ring substituents is 1. The molecule has 1 atom stereocenters. The Hall–Kier alpha value is -1.72. The number of nitro groups is 1. The molecule has 19 heavy (non-hydrogen) atoms. The van der Waals surface area contributed by atoms with Gasteiger partial charge in [0, 0.05) is 29.4 Å². The van der Waals surface area contributed by atoms with Crippen LogP contribution in [0.2, 0.25) is 0 Å². The minimum Gasteiger partial charge on any atom is -0.382 e. The fraction of sp³-hybridized carbons (Fsp3) is 0.538. The summed E-state index contributed by atoms with van der Waals surface area (Å²) in [5.74, 6) is 0.690. The van der Waals surface area contributed by atoms with Crippen molar-refractivity contribution in [1.82, 2.24) is 0 Å². The van der Waals surface area contributed by atoms with Gasteiger partial charge in [0.1, 0.15) is 0 Å². The van der Waals surface area contributed by atoms with E-state index in [9.17, 15) is 18.9 Å². The van der Waals surface area contributed by atoms with E-state index in [1.54, 1.807) is 0 Å². The number of anilines is 1. The molecule has 1 aromatic rings. The number of rotatable bonds is 6. The molecule has 0 heterocycles. The first-order valence-corrected chi connectivity index (χ1v) is 6.30. The Morgan fingerprint density at radius 1 is 1.47 bits per heavy atom. The Bertz CT molecular complexity index is 476. The highest BCUT2D eigenvalue weighted by Crippen LogP contribution is 2.35. The van der Waals surface area contributed by atoms with Crippen LogP contribution in [-0.4, -0.2) is 11.0 Å². The van der Waals surface area contributed by atoms with Crippen molar-refractivity contribution in [2.24, 2.45) is 5.92 Å². The topological polar surface area (TPSA) is 55.2 Å². The van der Waals surface area contributed by atoms with E-state index in [-0.39, 0.29) is 23.0 Å². The summed E-state index contributed by atoms with van der Waals surface area (Å²) >= 11 is 0. The van der Waals surface area contributed by atoms with Gasteiger partial charge in [-0.25, -0.2) is 8.78 Å². The second-order valence-corrected chi connectivity index (χ2v) is 5.05. The summed E-state index contributed by atoms with van der Waals surface area (Å²) in [7, 11) is 0. The predicted molar refractivity (Wildman–Crippen MR) is 68.5 cm³/mol. The van der Waals surface area contributed by atoms with Gasteiger partial charge in [0.05, 0.1) is 4.92 Å². The largest absolute Gasteiger partial charge is 0.382 e. The zero-order valence-electron chi connectivity index (χ0n) is 10.6. The van der Waals surface area contributed by atoms with Crippen molar-refractivity contribution in [3.63, 3.8) is 0 Å². The number of alkyl halides is 2. The second kappa shape index (κ2) is 5.50. The molecule has 0 aliphatic heterocycles. The average molecular weight is 270 g/mol. The van der Waals surface area contributed by atoms with E-state index in [1.165, 1.54) is 25.0 Å². The number of halogens is 2. The molecule has 0 radical (unpaired) electrons. The van der Waals surface area contributed by atoms with E-state index < -0.39 is 11.3 Å². The highest BCUT2D eigenvalue weighted by Gasteiger charge is 2.25. The van der Waals surface area contributed by atoms with E-state index in [1.807, 2.05) is 6.92 Å². The monoisotopic (exact) mass is 270 g/mol. The van der Waals surface area contributed by atoms with Crippen LogP contribution >= 0.6 is 0 Å². The molecule has 1 N–H and O–H groups in total. The smallest absolute Gasteiger partial charge is 0.270 e. The molecule has 1 aliphatic rings. The van der Waals surface area contributed by atoms with Gasteiger partial charge in [-0.3, -0.25) is 10.1 Å². The maximum absolute atomic E-state index is 12.9. The first-order chi connectivity index (χ1) is 8.97. The van der Waals surface area contributed by atoms with Crippen LogP contribution < -0.4 is 5.32 Å². The third kappa shape index (κ3) is 3.62. The molecule has 104 valence electrons. The summed E-state index contributed by atoms with van der Waals surface area (Å²) in [5, 5.41) is 13.6. The molecule has 0 spiro atoms. The highest BCUT2D eigenvalue weighted by molar-refractivity contribution is 5.57. The normalized spacial score (nSPS) is 16.4. The molecule has 0 amide bonds. The Morgan fingerprint density at radius 3 is 2.68 bits per heavy atom. The van der Waals surface area contributed by atoms with Gasteiger partial charge in [-0.1, -0.05) is 12.8 Å². The molecule has 1 fully saturated rings. The predicted octanol–water partition coefficient (Wildman–Crippen LogP) is 4.13. The number of hydrogen-bond acceptors (Lipinski definition) is 3. The summed E-state index contributed by atoms with van der Waals surface area (Å²) in [4.78, 5) is 9.94.